The number of ether oxygens (including phenoxy) is 1. The lowest BCUT2D eigenvalue weighted by Gasteiger charge is -2.30. The number of carbonyl (C=O) groups excluding carboxylic acids is 1. The topological polar surface area (TPSA) is 78.9 Å². The highest BCUT2D eigenvalue weighted by Gasteiger charge is 2.22. The molecule has 1 heterocycles. The number of piperidine rings is 1. The van der Waals surface area contributed by atoms with Crippen LogP contribution in [0.2, 0.25) is 0 Å². The first-order chi connectivity index (χ1) is 9.11. The minimum Gasteiger partial charge on any atom is -0.481 e. The van der Waals surface area contributed by atoms with Crippen molar-refractivity contribution in [2.24, 2.45) is 0 Å². The highest BCUT2D eigenvalue weighted by atomic mass is 16.6. The second kappa shape index (κ2) is 8.79. The molecule has 6 heteroatoms. The molecule has 1 amide bonds. The third-order valence-electron chi connectivity index (χ3n) is 2.61. The van der Waals surface area contributed by atoms with E-state index in [1.54, 1.807) is 11.9 Å². The maximum Gasteiger partial charge on any atom is 0.410 e. The summed E-state index contributed by atoms with van der Waals surface area (Å²) in [5.41, 5.74) is -0.411. The molecule has 118 valence electrons. The van der Waals surface area contributed by atoms with Gasteiger partial charge in [-0.15, -0.1) is 0 Å². The summed E-state index contributed by atoms with van der Waals surface area (Å²) < 4.78 is 5.30. The Labute approximate surface area is 121 Å². The van der Waals surface area contributed by atoms with E-state index in [0.717, 1.165) is 26.4 Å². The fourth-order valence-electron chi connectivity index (χ4n) is 1.82. The zero-order chi connectivity index (χ0) is 15.8. The summed E-state index contributed by atoms with van der Waals surface area (Å²) in [5.74, 6) is -0.833. The summed E-state index contributed by atoms with van der Waals surface area (Å²) in [5, 5.41) is 10.8. The van der Waals surface area contributed by atoms with Gasteiger partial charge in [0.2, 0.25) is 0 Å². The van der Waals surface area contributed by atoms with Gasteiger partial charge in [0.15, 0.2) is 0 Å². The van der Waals surface area contributed by atoms with Gasteiger partial charge in [-0.1, -0.05) is 6.42 Å². The van der Waals surface area contributed by atoms with Gasteiger partial charge in [0.05, 0.1) is 0 Å². The summed E-state index contributed by atoms with van der Waals surface area (Å²) in [6.45, 7) is 8.54. The van der Waals surface area contributed by atoms with Crippen molar-refractivity contribution in [3.8, 4) is 0 Å². The Hall–Kier alpha value is -1.30. The minimum atomic E-state index is -0.833. The molecule has 0 saturated carbocycles. The number of nitrogens with one attached hydrogen (secondary N) is 1. The molecule has 0 radical (unpaired) electrons. The summed E-state index contributed by atoms with van der Waals surface area (Å²) in [4.78, 5) is 22.4. The third-order valence-corrected chi connectivity index (χ3v) is 2.61. The first kappa shape index (κ1) is 18.7. The smallest absolute Gasteiger partial charge is 0.410 e. The Morgan fingerprint density at radius 1 is 1.35 bits per heavy atom. The Morgan fingerprint density at radius 2 is 1.90 bits per heavy atom. The van der Waals surface area contributed by atoms with Gasteiger partial charge in [0, 0.05) is 26.6 Å². The minimum absolute atomic E-state index is 0.236. The van der Waals surface area contributed by atoms with Crippen LogP contribution >= 0.6 is 0 Å². The van der Waals surface area contributed by atoms with Crippen LogP contribution < -0.4 is 5.32 Å². The fourth-order valence-corrected chi connectivity index (χ4v) is 1.82. The van der Waals surface area contributed by atoms with Gasteiger partial charge in [-0.3, -0.25) is 4.79 Å². The summed E-state index contributed by atoms with van der Waals surface area (Å²) in [6.07, 6.45) is 3.40. The van der Waals surface area contributed by atoms with Crippen LogP contribution in [0.5, 0.6) is 0 Å². The van der Waals surface area contributed by atoms with Crippen molar-refractivity contribution in [2.45, 2.75) is 58.6 Å². The van der Waals surface area contributed by atoms with E-state index in [2.05, 4.69) is 5.32 Å². The molecule has 2 N–H and O–H groups in total. The number of carbonyl (C=O) groups is 2. The Bertz CT molecular complexity index is 303. The molecule has 20 heavy (non-hydrogen) atoms. The fraction of sp³-hybridized carbons (Fsp3) is 0.857. The molecule has 1 rings (SSSR count). The lowest BCUT2D eigenvalue weighted by atomic mass is 10.1. The zero-order valence-electron chi connectivity index (χ0n) is 13.2. The van der Waals surface area contributed by atoms with Crippen LogP contribution in [0.25, 0.3) is 0 Å². The third kappa shape index (κ3) is 10.6. The van der Waals surface area contributed by atoms with E-state index < -0.39 is 11.6 Å². The molecule has 0 aromatic rings. The molecule has 6 nitrogen and oxygen atoms in total. The number of likely N-dealkylation sites (N-methyl/N-ethyl adjacent to an activating group) is 1. The molecule has 1 fully saturated rings. The highest BCUT2D eigenvalue weighted by molar-refractivity contribution is 5.67. The maximum atomic E-state index is 11.7. The van der Waals surface area contributed by atoms with Crippen LogP contribution in [0.15, 0.2) is 0 Å². The van der Waals surface area contributed by atoms with E-state index >= 15 is 0 Å². The standard InChI is InChI=1S/C12H24N2O2.C2H4O2/c1-12(2,3)16-11(15)14(4)9-10-7-5-6-8-13-10;1-2(3)4/h10,13H,5-9H2,1-4H3;1H3,(H,3,4). The van der Waals surface area contributed by atoms with E-state index in [4.69, 9.17) is 14.6 Å². The number of hydrogen-bond acceptors (Lipinski definition) is 4. The van der Waals surface area contributed by atoms with Gasteiger partial charge >= 0.3 is 6.09 Å². The van der Waals surface area contributed by atoms with Crippen molar-refractivity contribution in [1.82, 2.24) is 10.2 Å². The van der Waals surface area contributed by atoms with Crippen LogP contribution in [-0.2, 0) is 9.53 Å². The van der Waals surface area contributed by atoms with Crippen LogP contribution in [0.3, 0.4) is 0 Å². The van der Waals surface area contributed by atoms with Crippen molar-refractivity contribution in [2.75, 3.05) is 20.1 Å². The van der Waals surface area contributed by atoms with E-state index in [0.29, 0.717) is 6.04 Å². The quantitative estimate of drug-likeness (QED) is 0.813. The molecule has 1 atom stereocenters. The molecule has 0 bridgehead atoms. The molecule has 0 spiro atoms. The number of carboxylic acids is 1. The van der Waals surface area contributed by atoms with Gasteiger partial charge in [0.1, 0.15) is 5.60 Å². The van der Waals surface area contributed by atoms with Gasteiger partial charge in [-0.05, 0) is 40.2 Å². The second-order valence-corrected chi connectivity index (χ2v) is 6.03. The molecule has 0 aliphatic carbocycles. The molecule has 0 aromatic heterocycles. The van der Waals surface area contributed by atoms with E-state index in [9.17, 15) is 4.79 Å². The van der Waals surface area contributed by atoms with Crippen molar-refractivity contribution >= 4 is 12.1 Å². The van der Waals surface area contributed by atoms with Crippen molar-refractivity contribution in [1.29, 1.82) is 0 Å². The summed E-state index contributed by atoms with van der Waals surface area (Å²) in [7, 11) is 1.80. The first-order valence-electron chi connectivity index (χ1n) is 6.99. The lowest BCUT2D eigenvalue weighted by Crippen LogP contribution is -2.45. The SMILES string of the molecule is CC(=O)O.CN(CC1CCCCN1)C(=O)OC(C)(C)C. The number of aliphatic carboxylic acids is 1. The number of carboxylic acid groups (broad SMARTS) is 1. The Morgan fingerprint density at radius 3 is 2.30 bits per heavy atom. The number of rotatable bonds is 2. The van der Waals surface area contributed by atoms with Crippen molar-refractivity contribution in [3.63, 3.8) is 0 Å². The molecule has 1 saturated heterocycles. The number of amides is 1. The zero-order valence-corrected chi connectivity index (χ0v) is 13.2. The largest absolute Gasteiger partial charge is 0.481 e. The second-order valence-electron chi connectivity index (χ2n) is 6.03. The van der Waals surface area contributed by atoms with Crippen LogP contribution in [0, 0.1) is 0 Å². The predicted molar refractivity (Wildman–Crippen MR) is 77.8 cm³/mol. The van der Waals surface area contributed by atoms with Crippen molar-refractivity contribution < 1.29 is 19.4 Å². The number of hydrogen-bond donors (Lipinski definition) is 2. The lowest BCUT2D eigenvalue weighted by molar-refractivity contribution is -0.134. The summed E-state index contributed by atoms with van der Waals surface area (Å²) in [6, 6.07) is 0.422. The van der Waals surface area contributed by atoms with E-state index in [-0.39, 0.29) is 6.09 Å². The molecule has 0 aromatic carbocycles. The van der Waals surface area contributed by atoms with Crippen LogP contribution in [0.4, 0.5) is 4.79 Å². The van der Waals surface area contributed by atoms with Crippen LogP contribution in [-0.4, -0.2) is 53.8 Å². The van der Waals surface area contributed by atoms with Crippen LogP contribution in [0.1, 0.15) is 47.0 Å². The molecular formula is C14H28N2O4. The highest BCUT2D eigenvalue weighted by Crippen LogP contribution is 2.11. The van der Waals surface area contributed by atoms with Gasteiger partial charge in [-0.25, -0.2) is 4.79 Å². The van der Waals surface area contributed by atoms with Gasteiger partial charge in [-0.2, -0.15) is 0 Å². The average Bonchev–Trinajstić information content (AvgIpc) is 2.27. The molecular weight excluding hydrogens is 260 g/mol. The summed E-state index contributed by atoms with van der Waals surface area (Å²) >= 11 is 0. The van der Waals surface area contributed by atoms with Gasteiger partial charge in [0.25, 0.3) is 5.97 Å². The molecule has 1 aliphatic heterocycles. The normalized spacial score (nSPS) is 18.6. The van der Waals surface area contributed by atoms with Gasteiger partial charge < -0.3 is 20.1 Å². The Balaban J connectivity index is 0.000000796. The maximum absolute atomic E-state index is 11.7. The molecule has 1 unspecified atom stereocenters. The predicted octanol–water partition coefficient (Wildman–Crippen LogP) is 2.09. The first-order valence-corrected chi connectivity index (χ1v) is 6.99. The average molecular weight is 288 g/mol. The van der Waals surface area contributed by atoms with E-state index in [1.165, 1.54) is 12.8 Å². The Kier molecular flexibility index (Phi) is 8.22. The monoisotopic (exact) mass is 288 g/mol. The number of nitrogens with zero attached hydrogens (tertiary/aromatic N) is 1. The van der Waals surface area contributed by atoms with E-state index in [1.807, 2.05) is 20.8 Å². The molecule has 1 aliphatic rings. The van der Waals surface area contributed by atoms with Crippen molar-refractivity contribution in [3.05, 3.63) is 0 Å².